The highest BCUT2D eigenvalue weighted by atomic mass is 35.5. The zero-order chi connectivity index (χ0) is 21.4. The van der Waals surface area contributed by atoms with Crippen LogP contribution in [0.1, 0.15) is 46.8 Å². The second kappa shape index (κ2) is 8.61. The van der Waals surface area contributed by atoms with Crippen LogP contribution in [0, 0.1) is 12.8 Å². The van der Waals surface area contributed by atoms with Gasteiger partial charge in [-0.3, -0.25) is 14.7 Å². The van der Waals surface area contributed by atoms with E-state index in [1.54, 1.807) is 12.4 Å². The van der Waals surface area contributed by atoms with E-state index in [1.807, 2.05) is 25.1 Å². The molecule has 3 aliphatic rings. The molecular weight excluding hydrogens is 410 g/mol. The van der Waals surface area contributed by atoms with Crippen molar-refractivity contribution in [1.29, 1.82) is 0 Å². The summed E-state index contributed by atoms with van der Waals surface area (Å²) < 4.78 is 0. The maximum atomic E-state index is 12.7. The lowest BCUT2D eigenvalue weighted by Gasteiger charge is -2.27. The maximum absolute atomic E-state index is 12.7. The summed E-state index contributed by atoms with van der Waals surface area (Å²) >= 11 is 6.06. The van der Waals surface area contributed by atoms with Crippen LogP contribution in [0.5, 0.6) is 0 Å². The molecule has 1 unspecified atom stereocenters. The third-order valence-electron chi connectivity index (χ3n) is 6.90. The van der Waals surface area contributed by atoms with Crippen LogP contribution < -0.4 is 16.2 Å². The van der Waals surface area contributed by atoms with Crippen LogP contribution in [0.25, 0.3) is 0 Å². The summed E-state index contributed by atoms with van der Waals surface area (Å²) in [6.45, 7) is 3.96. The quantitative estimate of drug-likeness (QED) is 0.669. The van der Waals surface area contributed by atoms with Crippen LogP contribution >= 0.6 is 11.6 Å². The molecule has 3 heterocycles. The largest absolute Gasteiger partial charge is 0.349 e. The Hall–Kier alpha value is -2.41. The molecule has 0 radical (unpaired) electrons. The average molecular weight is 438 g/mol. The fourth-order valence-electron chi connectivity index (χ4n) is 5.40. The van der Waals surface area contributed by atoms with Crippen molar-refractivity contribution < 1.29 is 4.79 Å². The zero-order valence-corrected chi connectivity index (χ0v) is 18.4. The molecule has 3 N–H and O–H groups in total. The smallest absolute Gasteiger partial charge is 0.253 e. The minimum Gasteiger partial charge on any atom is -0.349 e. The van der Waals surface area contributed by atoms with Crippen molar-refractivity contribution in [3.8, 4) is 0 Å². The summed E-state index contributed by atoms with van der Waals surface area (Å²) in [7, 11) is 0. The van der Waals surface area contributed by atoms with Crippen molar-refractivity contribution in [3.05, 3.63) is 76.2 Å². The van der Waals surface area contributed by atoms with E-state index in [0.29, 0.717) is 17.5 Å². The number of halogens is 1. The van der Waals surface area contributed by atoms with E-state index in [2.05, 4.69) is 44.4 Å². The van der Waals surface area contributed by atoms with Crippen LogP contribution in [-0.4, -0.2) is 41.0 Å². The molecule has 4 atom stereocenters. The van der Waals surface area contributed by atoms with Gasteiger partial charge in [-0.05, 0) is 73.5 Å². The number of hydrazine groups is 1. The fraction of sp³-hybridized carbons (Fsp3) is 0.417. The summed E-state index contributed by atoms with van der Waals surface area (Å²) in [5, 5.41) is 4.04. The number of nitrogens with one attached hydrogen (secondary N) is 3. The number of likely N-dealkylation sites (tertiary alicyclic amines) is 1. The third-order valence-corrected chi connectivity index (χ3v) is 7.15. The number of hydrogen-bond donors (Lipinski definition) is 3. The molecule has 1 aliphatic carbocycles. The monoisotopic (exact) mass is 437 g/mol. The number of pyridine rings is 1. The second-order valence-corrected chi connectivity index (χ2v) is 9.33. The van der Waals surface area contributed by atoms with Gasteiger partial charge in [0, 0.05) is 42.2 Å². The lowest BCUT2D eigenvalue weighted by Crippen LogP contribution is -2.40. The standard InChI is InChI=1S/C24H28ClN5O/c1-15-10-17(12-26-11-15)24(31)28-21-6-7-22-20(21)8-9-30(22)14-18-13-27-29-23(18)16-2-4-19(25)5-3-16/h2-5,10-13,20-23,27,29H,6-9,14H2,1H3,(H,28,31)/t20-,21-,22+,23?/m0/s1. The summed E-state index contributed by atoms with van der Waals surface area (Å²) in [5.41, 5.74) is 10.7. The third kappa shape index (κ3) is 4.20. The molecule has 7 heteroatoms. The van der Waals surface area contributed by atoms with E-state index in [-0.39, 0.29) is 18.0 Å². The van der Waals surface area contributed by atoms with Gasteiger partial charge in [-0.1, -0.05) is 23.7 Å². The summed E-state index contributed by atoms with van der Waals surface area (Å²) in [4.78, 5) is 19.5. The minimum absolute atomic E-state index is 0.00463. The lowest BCUT2D eigenvalue weighted by molar-refractivity contribution is 0.0926. The molecule has 162 valence electrons. The molecule has 0 spiro atoms. The Morgan fingerprint density at radius 2 is 2.06 bits per heavy atom. The van der Waals surface area contributed by atoms with Crippen molar-refractivity contribution in [1.82, 2.24) is 26.1 Å². The SMILES string of the molecule is Cc1cncc(C(=O)N[C@H]2CC[C@@H]3[C@H]2CCN3CC2=CNNC2c2ccc(Cl)cc2)c1. The first kappa shape index (κ1) is 20.5. The van der Waals surface area contributed by atoms with Gasteiger partial charge in [0.05, 0.1) is 11.6 Å². The number of carbonyl (C=O) groups excluding carboxylic acids is 1. The Morgan fingerprint density at radius 1 is 1.23 bits per heavy atom. The number of aromatic nitrogens is 1. The van der Waals surface area contributed by atoms with Gasteiger partial charge in [0.25, 0.3) is 5.91 Å². The van der Waals surface area contributed by atoms with E-state index in [9.17, 15) is 4.79 Å². The average Bonchev–Trinajstić information content (AvgIpc) is 3.48. The van der Waals surface area contributed by atoms with Crippen LogP contribution in [0.4, 0.5) is 0 Å². The molecule has 1 amide bonds. The Labute approximate surface area is 188 Å². The Morgan fingerprint density at radius 3 is 2.87 bits per heavy atom. The van der Waals surface area contributed by atoms with Gasteiger partial charge in [-0.2, -0.15) is 0 Å². The fourth-order valence-corrected chi connectivity index (χ4v) is 5.52. The number of hydrogen-bond acceptors (Lipinski definition) is 5. The number of benzene rings is 1. The summed E-state index contributed by atoms with van der Waals surface area (Å²) in [5.74, 6) is 0.508. The molecule has 6 nitrogen and oxygen atoms in total. The van der Waals surface area contributed by atoms with Crippen LogP contribution in [0.2, 0.25) is 5.02 Å². The molecule has 1 saturated heterocycles. The second-order valence-electron chi connectivity index (χ2n) is 8.89. The number of nitrogens with zero attached hydrogens (tertiary/aromatic N) is 2. The molecule has 2 fully saturated rings. The predicted molar refractivity (Wildman–Crippen MR) is 121 cm³/mol. The van der Waals surface area contributed by atoms with E-state index in [0.717, 1.165) is 42.9 Å². The van der Waals surface area contributed by atoms with Crippen LogP contribution in [0.3, 0.4) is 0 Å². The van der Waals surface area contributed by atoms with Crippen molar-refractivity contribution in [2.24, 2.45) is 5.92 Å². The summed E-state index contributed by atoms with van der Waals surface area (Å²) in [6.07, 6.45) is 8.80. The molecule has 2 aliphatic heterocycles. The number of carbonyl (C=O) groups is 1. The number of aryl methyl sites for hydroxylation is 1. The van der Waals surface area contributed by atoms with Gasteiger partial charge in [0.15, 0.2) is 0 Å². The first-order valence-electron chi connectivity index (χ1n) is 11.0. The molecule has 2 aromatic rings. The number of amides is 1. The predicted octanol–water partition coefficient (Wildman–Crippen LogP) is 3.36. The molecular formula is C24H28ClN5O. The van der Waals surface area contributed by atoms with Gasteiger partial charge in [0.1, 0.15) is 0 Å². The molecule has 1 aromatic carbocycles. The molecule has 1 saturated carbocycles. The van der Waals surface area contributed by atoms with Gasteiger partial charge in [-0.25, -0.2) is 5.43 Å². The zero-order valence-electron chi connectivity index (χ0n) is 17.6. The van der Waals surface area contributed by atoms with Crippen molar-refractivity contribution in [2.45, 2.75) is 44.3 Å². The highest BCUT2D eigenvalue weighted by Gasteiger charge is 2.44. The van der Waals surface area contributed by atoms with Gasteiger partial charge < -0.3 is 10.7 Å². The first-order valence-corrected chi connectivity index (χ1v) is 11.4. The Balaban J connectivity index is 1.22. The summed E-state index contributed by atoms with van der Waals surface area (Å²) in [6, 6.07) is 10.9. The molecule has 1 aromatic heterocycles. The minimum atomic E-state index is -0.00463. The normalized spacial score (nSPS) is 27.6. The van der Waals surface area contributed by atoms with E-state index < -0.39 is 0 Å². The highest BCUT2D eigenvalue weighted by molar-refractivity contribution is 6.30. The number of rotatable bonds is 5. The first-order chi connectivity index (χ1) is 15.1. The van der Waals surface area contributed by atoms with E-state index >= 15 is 0 Å². The molecule has 5 rings (SSSR count). The van der Waals surface area contributed by atoms with Crippen LogP contribution in [-0.2, 0) is 0 Å². The lowest BCUT2D eigenvalue weighted by atomic mass is 9.98. The van der Waals surface area contributed by atoms with Crippen molar-refractivity contribution >= 4 is 17.5 Å². The number of fused-ring (bicyclic) bond motifs is 1. The van der Waals surface area contributed by atoms with E-state index in [1.165, 1.54) is 11.1 Å². The van der Waals surface area contributed by atoms with Crippen molar-refractivity contribution in [2.75, 3.05) is 13.1 Å². The topological polar surface area (TPSA) is 69.3 Å². The van der Waals surface area contributed by atoms with Crippen LogP contribution in [0.15, 0.2) is 54.5 Å². The highest BCUT2D eigenvalue weighted by Crippen LogP contribution is 2.39. The van der Waals surface area contributed by atoms with Gasteiger partial charge >= 0.3 is 0 Å². The molecule has 0 bridgehead atoms. The van der Waals surface area contributed by atoms with Gasteiger partial charge in [0.2, 0.25) is 0 Å². The Bertz CT molecular complexity index is 992. The molecule has 31 heavy (non-hydrogen) atoms. The van der Waals surface area contributed by atoms with Crippen molar-refractivity contribution in [3.63, 3.8) is 0 Å². The maximum Gasteiger partial charge on any atom is 0.253 e. The Kier molecular flexibility index (Phi) is 5.69. The van der Waals surface area contributed by atoms with E-state index in [4.69, 9.17) is 11.6 Å². The van der Waals surface area contributed by atoms with Gasteiger partial charge in [-0.15, -0.1) is 0 Å².